The van der Waals surface area contributed by atoms with Gasteiger partial charge < -0.3 is 9.32 Å². The Balaban J connectivity index is 1.63. The van der Waals surface area contributed by atoms with Crippen molar-refractivity contribution in [3.8, 4) is 0 Å². The molecule has 0 unspecified atom stereocenters. The van der Waals surface area contributed by atoms with E-state index in [4.69, 9.17) is 4.42 Å². The second-order valence-electron chi connectivity index (χ2n) is 5.22. The molecule has 1 fully saturated rings. The lowest BCUT2D eigenvalue weighted by Gasteiger charge is -2.25. The van der Waals surface area contributed by atoms with E-state index in [-0.39, 0.29) is 5.78 Å². The molecule has 1 saturated heterocycles. The second-order valence-corrected chi connectivity index (χ2v) is 5.22. The van der Waals surface area contributed by atoms with Gasteiger partial charge in [0.1, 0.15) is 5.58 Å². The fraction of sp³-hybridized carbons (Fsp3) is 0.438. The van der Waals surface area contributed by atoms with Crippen LogP contribution in [-0.2, 0) is 0 Å². The van der Waals surface area contributed by atoms with Crippen LogP contribution in [0.4, 0.5) is 0 Å². The Bertz CT molecular complexity index is 534. The molecular formula is C16H19NO2. The van der Waals surface area contributed by atoms with Crippen molar-refractivity contribution < 1.29 is 9.21 Å². The minimum atomic E-state index is 0.113. The monoisotopic (exact) mass is 257 g/mol. The van der Waals surface area contributed by atoms with Crippen molar-refractivity contribution in [1.29, 1.82) is 0 Å². The molecule has 0 bridgehead atoms. The molecule has 1 aromatic heterocycles. The van der Waals surface area contributed by atoms with Gasteiger partial charge in [-0.15, -0.1) is 0 Å². The molecule has 3 rings (SSSR count). The molecule has 2 heterocycles. The van der Waals surface area contributed by atoms with Crippen LogP contribution in [0.1, 0.15) is 36.2 Å². The van der Waals surface area contributed by atoms with Crippen LogP contribution in [0.15, 0.2) is 34.7 Å². The molecule has 0 atom stereocenters. The van der Waals surface area contributed by atoms with E-state index in [0.717, 1.165) is 30.6 Å². The molecule has 100 valence electrons. The SMILES string of the molecule is O=C(CCN1CCCCC1)c1cc2ccccc2o1. The van der Waals surface area contributed by atoms with Gasteiger partial charge in [-0.25, -0.2) is 0 Å². The highest BCUT2D eigenvalue weighted by atomic mass is 16.3. The maximum atomic E-state index is 12.1. The minimum absolute atomic E-state index is 0.113. The van der Waals surface area contributed by atoms with Crippen molar-refractivity contribution in [2.75, 3.05) is 19.6 Å². The van der Waals surface area contributed by atoms with Crippen LogP contribution in [0.25, 0.3) is 11.0 Å². The standard InChI is InChI=1S/C16H19NO2/c18-14(8-11-17-9-4-1-5-10-17)16-12-13-6-2-3-7-15(13)19-16/h2-3,6-7,12H,1,4-5,8-11H2. The molecule has 0 aliphatic carbocycles. The maximum Gasteiger partial charge on any atom is 0.199 e. The first-order valence-corrected chi connectivity index (χ1v) is 7.07. The first-order chi connectivity index (χ1) is 9.33. The molecule has 0 saturated carbocycles. The zero-order valence-electron chi connectivity index (χ0n) is 11.1. The molecule has 0 radical (unpaired) electrons. The number of carbonyl (C=O) groups excluding carboxylic acids is 1. The Morgan fingerprint density at radius 2 is 1.95 bits per heavy atom. The van der Waals surface area contributed by atoms with Crippen molar-refractivity contribution in [3.63, 3.8) is 0 Å². The van der Waals surface area contributed by atoms with Gasteiger partial charge in [-0.05, 0) is 38.1 Å². The molecule has 3 heteroatoms. The third-order valence-electron chi connectivity index (χ3n) is 3.80. The van der Waals surface area contributed by atoms with E-state index in [0.29, 0.717) is 12.2 Å². The number of nitrogens with zero attached hydrogens (tertiary/aromatic N) is 1. The van der Waals surface area contributed by atoms with Crippen LogP contribution in [0.5, 0.6) is 0 Å². The number of carbonyl (C=O) groups is 1. The summed E-state index contributed by atoms with van der Waals surface area (Å²) >= 11 is 0. The van der Waals surface area contributed by atoms with E-state index < -0.39 is 0 Å². The first kappa shape index (κ1) is 12.4. The number of fused-ring (bicyclic) bond motifs is 1. The summed E-state index contributed by atoms with van der Waals surface area (Å²) in [6, 6.07) is 9.61. The fourth-order valence-corrected chi connectivity index (χ4v) is 2.69. The molecule has 0 N–H and O–H groups in total. The van der Waals surface area contributed by atoms with Gasteiger partial charge >= 0.3 is 0 Å². The highest BCUT2D eigenvalue weighted by Crippen LogP contribution is 2.20. The minimum Gasteiger partial charge on any atom is -0.453 e. The molecule has 0 amide bonds. The van der Waals surface area contributed by atoms with Gasteiger partial charge in [0.2, 0.25) is 0 Å². The number of piperidine rings is 1. The average molecular weight is 257 g/mol. The number of hydrogen-bond donors (Lipinski definition) is 0. The van der Waals surface area contributed by atoms with Gasteiger partial charge in [0, 0.05) is 18.4 Å². The zero-order chi connectivity index (χ0) is 13.1. The first-order valence-electron chi connectivity index (χ1n) is 7.07. The molecule has 19 heavy (non-hydrogen) atoms. The molecule has 1 aliphatic heterocycles. The Hall–Kier alpha value is -1.61. The summed E-state index contributed by atoms with van der Waals surface area (Å²) in [6.45, 7) is 3.12. The Morgan fingerprint density at radius 3 is 2.74 bits per heavy atom. The van der Waals surface area contributed by atoms with Crippen molar-refractivity contribution in [3.05, 3.63) is 36.1 Å². The number of benzene rings is 1. The van der Waals surface area contributed by atoms with Gasteiger partial charge in [0.25, 0.3) is 0 Å². The average Bonchev–Trinajstić information content (AvgIpc) is 2.90. The van der Waals surface area contributed by atoms with Crippen molar-refractivity contribution >= 4 is 16.8 Å². The summed E-state index contributed by atoms with van der Waals surface area (Å²) in [4.78, 5) is 14.5. The summed E-state index contributed by atoms with van der Waals surface area (Å²) in [5.74, 6) is 0.611. The fourth-order valence-electron chi connectivity index (χ4n) is 2.69. The quantitative estimate of drug-likeness (QED) is 0.786. The van der Waals surface area contributed by atoms with Crippen LogP contribution in [0.2, 0.25) is 0 Å². The van der Waals surface area contributed by atoms with Crippen LogP contribution >= 0.6 is 0 Å². The number of hydrogen-bond acceptors (Lipinski definition) is 3. The Labute approximate surface area is 113 Å². The van der Waals surface area contributed by atoms with E-state index in [1.807, 2.05) is 30.3 Å². The van der Waals surface area contributed by atoms with Crippen LogP contribution < -0.4 is 0 Å². The summed E-state index contributed by atoms with van der Waals surface area (Å²) in [7, 11) is 0. The topological polar surface area (TPSA) is 33.5 Å². The number of para-hydroxylation sites is 1. The van der Waals surface area contributed by atoms with E-state index in [2.05, 4.69) is 4.90 Å². The smallest absolute Gasteiger partial charge is 0.199 e. The highest BCUT2D eigenvalue weighted by Gasteiger charge is 2.15. The lowest BCUT2D eigenvalue weighted by Crippen LogP contribution is -2.31. The van der Waals surface area contributed by atoms with Gasteiger partial charge in [0.05, 0.1) is 0 Å². The predicted octanol–water partition coefficient (Wildman–Crippen LogP) is 3.49. The highest BCUT2D eigenvalue weighted by molar-refractivity contribution is 5.97. The predicted molar refractivity (Wildman–Crippen MR) is 75.5 cm³/mol. The van der Waals surface area contributed by atoms with Gasteiger partial charge in [0.15, 0.2) is 11.5 Å². The summed E-state index contributed by atoms with van der Waals surface area (Å²) in [5, 5.41) is 1.00. The molecule has 0 spiro atoms. The van der Waals surface area contributed by atoms with Crippen molar-refractivity contribution in [2.45, 2.75) is 25.7 Å². The molecule has 3 nitrogen and oxygen atoms in total. The third kappa shape index (κ3) is 2.87. The normalized spacial score (nSPS) is 16.8. The second kappa shape index (κ2) is 5.57. The Morgan fingerprint density at radius 1 is 1.16 bits per heavy atom. The van der Waals surface area contributed by atoms with Gasteiger partial charge in [-0.2, -0.15) is 0 Å². The summed E-state index contributed by atoms with van der Waals surface area (Å²) in [6.07, 6.45) is 4.41. The van der Waals surface area contributed by atoms with Crippen LogP contribution in [0, 0.1) is 0 Å². The number of Topliss-reactive ketones (excluding diaryl/α,β-unsaturated/α-hetero) is 1. The van der Waals surface area contributed by atoms with Crippen molar-refractivity contribution in [2.24, 2.45) is 0 Å². The lowest BCUT2D eigenvalue weighted by atomic mass is 10.1. The zero-order valence-corrected chi connectivity index (χ0v) is 11.1. The van der Waals surface area contributed by atoms with Gasteiger partial charge in [-0.1, -0.05) is 24.6 Å². The molecule has 2 aromatic rings. The van der Waals surface area contributed by atoms with Crippen LogP contribution in [0.3, 0.4) is 0 Å². The van der Waals surface area contributed by atoms with Crippen LogP contribution in [-0.4, -0.2) is 30.3 Å². The van der Waals surface area contributed by atoms with Crippen molar-refractivity contribution in [1.82, 2.24) is 4.90 Å². The number of likely N-dealkylation sites (tertiary alicyclic amines) is 1. The summed E-state index contributed by atoms with van der Waals surface area (Å²) in [5.41, 5.74) is 0.795. The molecular weight excluding hydrogens is 238 g/mol. The van der Waals surface area contributed by atoms with E-state index >= 15 is 0 Å². The maximum absolute atomic E-state index is 12.1. The molecule has 1 aromatic carbocycles. The van der Waals surface area contributed by atoms with Gasteiger partial charge in [-0.3, -0.25) is 4.79 Å². The number of ketones is 1. The van der Waals surface area contributed by atoms with E-state index in [1.165, 1.54) is 19.3 Å². The Kier molecular flexibility index (Phi) is 3.65. The lowest BCUT2D eigenvalue weighted by molar-refractivity contribution is 0.0934. The summed E-state index contributed by atoms with van der Waals surface area (Å²) < 4.78 is 5.60. The molecule has 1 aliphatic rings. The third-order valence-corrected chi connectivity index (χ3v) is 3.80. The number of rotatable bonds is 4. The largest absolute Gasteiger partial charge is 0.453 e. The van der Waals surface area contributed by atoms with E-state index in [9.17, 15) is 4.79 Å². The number of furan rings is 1. The van der Waals surface area contributed by atoms with E-state index in [1.54, 1.807) is 0 Å².